The van der Waals surface area contributed by atoms with E-state index in [2.05, 4.69) is 5.50 Å². The predicted molar refractivity (Wildman–Crippen MR) is 71.9 cm³/mol. The van der Waals surface area contributed by atoms with E-state index < -0.39 is 7.75 Å². The van der Waals surface area contributed by atoms with Crippen molar-refractivity contribution in [1.29, 1.82) is 0 Å². The van der Waals surface area contributed by atoms with Gasteiger partial charge in [-0.25, -0.2) is 10.1 Å². The molecule has 19 heavy (non-hydrogen) atoms. The van der Waals surface area contributed by atoms with Gasteiger partial charge in [0, 0.05) is 0 Å². The normalized spacial score (nSPS) is 56.2. The molecule has 7 fully saturated rings. The molecule has 0 aromatic heterocycles. The zero-order chi connectivity index (χ0) is 13.4. The Morgan fingerprint density at radius 2 is 0.842 bits per heavy atom. The van der Waals surface area contributed by atoms with Crippen molar-refractivity contribution >= 4 is 7.75 Å². The van der Waals surface area contributed by atoms with E-state index in [1.165, 1.54) is 47.3 Å². The van der Waals surface area contributed by atoms with Crippen LogP contribution < -0.4 is 5.50 Å². The number of rotatable bonds is 0. The third kappa shape index (κ3) is 2.03. The van der Waals surface area contributed by atoms with E-state index in [4.69, 9.17) is 14.4 Å². The van der Waals surface area contributed by atoms with Gasteiger partial charge in [0.1, 0.15) is 0 Å². The molecule has 7 saturated carbocycles. The summed E-state index contributed by atoms with van der Waals surface area (Å²) in [6.07, 6.45) is 9.93. The van der Waals surface area contributed by atoms with Crippen molar-refractivity contribution in [2.45, 2.75) is 38.5 Å². The van der Waals surface area contributed by atoms with E-state index in [9.17, 15) is 0 Å². The minimum Gasteiger partial charge on any atom is -0.313 e. The zero-order valence-electron chi connectivity index (χ0n) is 11.2. The van der Waals surface area contributed by atoms with Gasteiger partial charge >= 0.3 is 7.75 Å². The molecule has 7 aliphatic rings. The topological polar surface area (TPSA) is 83.6 Å². The van der Waals surface area contributed by atoms with Gasteiger partial charge in [-0.05, 0) is 85.9 Å². The lowest BCUT2D eigenvalue weighted by molar-refractivity contribution is -0.202. The first-order valence-electron chi connectivity index (χ1n) is 7.74. The fourth-order valence-electron chi connectivity index (χ4n) is 6.89. The van der Waals surface area contributed by atoms with Crippen LogP contribution in [0.4, 0.5) is 0 Å². The van der Waals surface area contributed by atoms with Gasteiger partial charge in [0.2, 0.25) is 0 Å². The molecule has 4 nitrogen and oxygen atoms in total. The summed E-state index contributed by atoms with van der Waals surface area (Å²) in [6, 6.07) is 0. The van der Waals surface area contributed by atoms with Gasteiger partial charge in [-0.2, -0.15) is 0 Å². The second-order valence-electron chi connectivity index (χ2n) is 7.72. The lowest BCUT2D eigenvalue weighted by Gasteiger charge is -2.69. The molecule has 0 heterocycles. The fraction of sp³-hybridized carbons (Fsp3) is 1.00. The van der Waals surface area contributed by atoms with Gasteiger partial charge in [0.25, 0.3) is 0 Å². The Labute approximate surface area is 114 Å². The molecule has 8 bridgehead atoms. The molecule has 0 unspecified atom stereocenters. The molecule has 4 N–H and O–H groups in total. The van der Waals surface area contributed by atoms with Crippen molar-refractivity contribution in [3.05, 3.63) is 0 Å². The lowest BCUT2D eigenvalue weighted by atomic mass is 9.36. The molecule has 0 aliphatic heterocycles. The summed E-state index contributed by atoms with van der Waals surface area (Å²) in [5.74, 6) is 9.74. The van der Waals surface area contributed by atoms with Crippen LogP contribution in [0.3, 0.4) is 0 Å². The van der Waals surface area contributed by atoms with Crippen LogP contribution in [0.1, 0.15) is 38.5 Å². The van der Waals surface area contributed by atoms with Crippen LogP contribution >= 0.6 is 7.75 Å². The maximum atomic E-state index is 9.10. The van der Waals surface area contributed by atoms with Crippen LogP contribution in [0.15, 0.2) is 0 Å². The molecule has 7 aliphatic carbocycles. The highest BCUT2D eigenvalue weighted by molar-refractivity contribution is 7.49. The Kier molecular flexibility index (Phi) is 2.74. The largest absolute Gasteiger partial charge is 0.397 e. The van der Waals surface area contributed by atoms with E-state index in [-0.39, 0.29) is 0 Å². The first-order valence-corrected chi connectivity index (χ1v) is 9.42. The number of hydrogen-bond donors (Lipinski definition) is 3. The first kappa shape index (κ1) is 12.8. The molecule has 0 spiro atoms. The Morgan fingerprint density at radius 1 is 0.684 bits per heavy atom. The van der Waals surface area contributed by atoms with Gasteiger partial charge in [-0.1, -0.05) is 0 Å². The van der Waals surface area contributed by atoms with E-state index >= 15 is 0 Å². The number of nitrogens with two attached hydrogens (primary N) is 1. The Hall–Kier alpha value is 0.110. The highest BCUT2D eigenvalue weighted by Crippen LogP contribution is 2.71. The van der Waals surface area contributed by atoms with Crippen LogP contribution in [-0.2, 0) is 4.57 Å². The van der Waals surface area contributed by atoms with Crippen LogP contribution in [-0.4, -0.2) is 9.79 Å². The van der Waals surface area contributed by atoms with Crippen molar-refractivity contribution in [3.8, 4) is 0 Å². The van der Waals surface area contributed by atoms with Gasteiger partial charge in [0.05, 0.1) is 0 Å². The Morgan fingerprint density at radius 3 is 1.00 bits per heavy atom. The van der Waals surface area contributed by atoms with Crippen molar-refractivity contribution in [3.63, 3.8) is 0 Å². The molecular formula is C14H24NO3P. The van der Waals surface area contributed by atoms with Crippen LogP contribution in [0.5, 0.6) is 0 Å². The predicted octanol–water partition coefficient (Wildman–Crippen LogP) is 2.36. The molecule has 0 amide bonds. The second-order valence-corrected chi connectivity index (χ2v) is 8.90. The average molecular weight is 285 g/mol. The molecule has 7 rings (SSSR count). The molecular weight excluding hydrogens is 261 g/mol. The minimum absolute atomic E-state index is 1.19. The van der Waals surface area contributed by atoms with E-state index in [0.717, 1.165) is 0 Å². The summed E-state index contributed by atoms with van der Waals surface area (Å²) in [6.45, 7) is 0. The van der Waals surface area contributed by atoms with Gasteiger partial charge in [0.15, 0.2) is 0 Å². The van der Waals surface area contributed by atoms with Crippen LogP contribution in [0, 0.1) is 47.3 Å². The molecule has 0 saturated heterocycles. The summed E-state index contributed by atoms with van der Waals surface area (Å²) in [5, 5.41) is 0. The summed E-state index contributed by atoms with van der Waals surface area (Å²) < 4.78 is 9.10. The summed E-state index contributed by atoms with van der Waals surface area (Å²) in [4.78, 5) is 14.8. The Bertz CT molecular complexity index is 339. The molecule has 5 heteroatoms. The quantitative estimate of drug-likeness (QED) is 0.597. The van der Waals surface area contributed by atoms with E-state index in [1.54, 1.807) is 38.5 Å². The third-order valence-corrected chi connectivity index (χ3v) is 6.93. The molecule has 0 atom stereocenters. The van der Waals surface area contributed by atoms with Crippen molar-refractivity contribution in [2.24, 2.45) is 52.8 Å². The van der Waals surface area contributed by atoms with Gasteiger partial charge in [-0.3, -0.25) is 0 Å². The molecule has 0 radical (unpaired) electrons. The molecule has 0 aromatic carbocycles. The standard InChI is InChI=1S/C14H20.H4NO3P/c1-7-2-12-10-4-8-5-11(9(1)10)13(3-7)14(12)6-8;1-5(2,3)4/h7-14H,1-6H2;(H4,1,2,3,4). The van der Waals surface area contributed by atoms with Crippen LogP contribution in [0.25, 0.3) is 0 Å². The van der Waals surface area contributed by atoms with Crippen LogP contribution in [0.2, 0.25) is 0 Å². The third-order valence-electron chi connectivity index (χ3n) is 6.93. The van der Waals surface area contributed by atoms with Gasteiger partial charge in [-0.15, -0.1) is 0 Å². The maximum Gasteiger partial charge on any atom is 0.397 e. The summed E-state index contributed by atoms with van der Waals surface area (Å²) >= 11 is 0. The summed E-state index contributed by atoms with van der Waals surface area (Å²) in [5.41, 5.74) is 4.02. The molecule has 108 valence electrons. The highest BCUT2D eigenvalue weighted by atomic mass is 31.2. The SMILES string of the molecule is C1C2CC3C4CC5CC(C14)C(C2)C3C5.NP(=O)(O)O. The average Bonchev–Trinajstić information content (AvgIpc) is 2.33. The fourth-order valence-corrected chi connectivity index (χ4v) is 6.89. The number of hydrogen-bond acceptors (Lipinski definition) is 1. The monoisotopic (exact) mass is 285 g/mol. The highest BCUT2D eigenvalue weighted by Gasteiger charge is 2.63. The minimum atomic E-state index is -4.14. The summed E-state index contributed by atoms with van der Waals surface area (Å²) in [7, 11) is -4.14. The van der Waals surface area contributed by atoms with Crippen molar-refractivity contribution in [1.82, 2.24) is 0 Å². The molecule has 0 aromatic rings. The van der Waals surface area contributed by atoms with E-state index in [0.29, 0.717) is 0 Å². The lowest BCUT2D eigenvalue weighted by Crippen LogP contribution is -2.62. The zero-order valence-corrected chi connectivity index (χ0v) is 12.1. The van der Waals surface area contributed by atoms with E-state index in [1.807, 2.05) is 0 Å². The van der Waals surface area contributed by atoms with Crippen molar-refractivity contribution in [2.75, 3.05) is 0 Å². The Balaban J connectivity index is 0.000000171. The second kappa shape index (κ2) is 4.07. The maximum absolute atomic E-state index is 9.10. The smallest absolute Gasteiger partial charge is 0.313 e. The first-order chi connectivity index (χ1) is 8.90. The van der Waals surface area contributed by atoms with Crippen molar-refractivity contribution < 1.29 is 14.4 Å². The van der Waals surface area contributed by atoms with Gasteiger partial charge < -0.3 is 9.79 Å².